The molecule has 1 saturated heterocycles. The summed E-state index contributed by atoms with van der Waals surface area (Å²) >= 11 is 0. The number of morpholine rings is 1. The Kier molecular flexibility index (Phi) is 3.46. The number of ether oxygens (including phenoxy) is 2. The van der Waals surface area contributed by atoms with Crippen molar-refractivity contribution >= 4 is 0 Å². The fourth-order valence-corrected chi connectivity index (χ4v) is 2.10. The van der Waals surface area contributed by atoms with Crippen molar-refractivity contribution in [3.63, 3.8) is 0 Å². The van der Waals surface area contributed by atoms with E-state index in [0.29, 0.717) is 0 Å². The molecule has 16 heavy (non-hydrogen) atoms. The van der Waals surface area contributed by atoms with Crippen LogP contribution in [0.15, 0.2) is 12.1 Å². The van der Waals surface area contributed by atoms with Gasteiger partial charge in [0.05, 0.1) is 19.8 Å². The maximum absolute atomic E-state index is 5.76. The van der Waals surface area contributed by atoms with Gasteiger partial charge in [0.25, 0.3) is 0 Å². The highest BCUT2D eigenvalue weighted by atomic mass is 16.5. The van der Waals surface area contributed by atoms with Crippen molar-refractivity contribution in [1.29, 1.82) is 0 Å². The van der Waals surface area contributed by atoms with Gasteiger partial charge in [0.1, 0.15) is 5.75 Å². The molecule has 1 aromatic carbocycles. The predicted octanol–water partition coefficient (Wildman–Crippen LogP) is 1.97. The van der Waals surface area contributed by atoms with Gasteiger partial charge in [0, 0.05) is 18.7 Å². The molecule has 3 nitrogen and oxygen atoms in total. The van der Waals surface area contributed by atoms with Crippen molar-refractivity contribution in [3.05, 3.63) is 28.8 Å². The quantitative estimate of drug-likeness (QED) is 0.828. The average Bonchev–Trinajstić information content (AvgIpc) is 2.33. The van der Waals surface area contributed by atoms with Crippen molar-refractivity contribution < 1.29 is 9.47 Å². The Balaban J connectivity index is 2.35. The first-order valence-electron chi connectivity index (χ1n) is 5.70. The maximum atomic E-state index is 5.76. The van der Waals surface area contributed by atoms with Crippen LogP contribution in [0, 0.1) is 13.8 Å². The molecule has 1 aromatic rings. The molecule has 3 heteroatoms. The molecule has 1 N–H and O–H groups in total. The molecule has 0 spiro atoms. The second-order valence-corrected chi connectivity index (χ2v) is 4.19. The Bertz CT molecular complexity index is 370. The Morgan fingerprint density at radius 2 is 2.19 bits per heavy atom. The lowest BCUT2D eigenvalue weighted by Gasteiger charge is -2.26. The minimum atomic E-state index is 0.114. The van der Waals surface area contributed by atoms with Crippen molar-refractivity contribution in [1.82, 2.24) is 5.32 Å². The maximum Gasteiger partial charge on any atom is 0.127 e. The molecule has 1 heterocycles. The molecule has 1 aliphatic heterocycles. The first-order valence-corrected chi connectivity index (χ1v) is 5.70. The van der Waals surface area contributed by atoms with Gasteiger partial charge in [0.2, 0.25) is 0 Å². The molecular weight excluding hydrogens is 202 g/mol. The number of nitrogens with one attached hydrogen (secondary N) is 1. The number of aryl methyl sites for hydroxylation is 1. The molecule has 1 atom stereocenters. The molecule has 0 radical (unpaired) electrons. The van der Waals surface area contributed by atoms with E-state index >= 15 is 0 Å². The minimum absolute atomic E-state index is 0.114. The largest absolute Gasteiger partial charge is 0.496 e. The fraction of sp³-hybridized carbons (Fsp3) is 0.538. The Morgan fingerprint density at radius 3 is 2.81 bits per heavy atom. The summed E-state index contributed by atoms with van der Waals surface area (Å²) in [6.07, 6.45) is 0.114. The van der Waals surface area contributed by atoms with Gasteiger partial charge in [-0.05, 0) is 25.0 Å². The number of hydrogen-bond donors (Lipinski definition) is 1. The smallest absolute Gasteiger partial charge is 0.127 e. The summed E-state index contributed by atoms with van der Waals surface area (Å²) in [5.74, 6) is 0.966. The van der Waals surface area contributed by atoms with Gasteiger partial charge < -0.3 is 14.8 Å². The number of rotatable bonds is 2. The van der Waals surface area contributed by atoms with Crippen molar-refractivity contribution in [3.8, 4) is 5.75 Å². The number of hydrogen-bond acceptors (Lipinski definition) is 3. The van der Waals surface area contributed by atoms with E-state index in [0.717, 1.165) is 31.0 Å². The van der Waals surface area contributed by atoms with Crippen LogP contribution in [0.2, 0.25) is 0 Å². The normalized spacial score (nSPS) is 20.8. The van der Waals surface area contributed by atoms with Crippen LogP contribution < -0.4 is 10.1 Å². The van der Waals surface area contributed by atoms with Crippen LogP contribution in [0.1, 0.15) is 22.8 Å². The molecular formula is C13H19NO2. The van der Waals surface area contributed by atoms with Crippen LogP contribution in [0.4, 0.5) is 0 Å². The van der Waals surface area contributed by atoms with E-state index in [9.17, 15) is 0 Å². The van der Waals surface area contributed by atoms with E-state index in [4.69, 9.17) is 9.47 Å². The lowest BCUT2D eigenvalue weighted by molar-refractivity contribution is 0.0262. The second-order valence-electron chi connectivity index (χ2n) is 4.19. The standard InChI is InChI=1S/C13H19NO2/c1-9-4-5-11(13(15-3)10(9)2)12-8-14-6-7-16-12/h4-5,12,14H,6-8H2,1-3H3. The van der Waals surface area contributed by atoms with Gasteiger partial charge in [-0.1, -0.05) is 12.1 Å². The lowest BCUT2D eigenvalue weighted by Crippen LogP contribution is -2.33. The van der Waals surface area contributed by atoms with Gasteiger partial charge in [0.15, 0.2) is 0 Å². The highest BCUT2D eigenvalue weighted by molar-refractivity contribution is 5.46. The highest BCUT2D eigenvalue weighted by Gasteiger charge is 2.20. The molecule has 2 rings (SSSR count). The van der Waals surface area contributed by atoms with Crippen molar-refractivity contribution in [2.75, 3.05) is 26.8 Å². The van der Waals surface area contributed by atoms with Gasteiger partial charge in [-0.25, -0.2) is 0 Å². The van der Waals surface area contributed by atoms with Gasteiger partial charge in [-0.2, -0.15) is 0 Å². The summed E-state index contributed by atoms with van der Waals surface area (Å²) in [5, 5.41) is 3.34. The van der Waals surface area contributed by atoms with Crippen molar-refractivity contribution in [2.45, 2.75) is 20.0 Å². The van der Waals surface area contributed by atoms with Crippen LogP contribution in [-0.4, -0.2) is 26.8 Å². The topological polar surface area (TPSA) is 30.5 Å². The van der Waals surface area contributed by atoms with Crippen LogP contribution in [0.3, 0.4) is 0 Å². The SMILES string of the molecule is COc1c(C2CNCCO2)ccc(C)c1C. The fourth-order valence-electron chi connectivity index (χ4n) is 2.10. The number of methoxy groups -OCH3 is 1. The zero-order chi connectivity index (χ0) is 11.5. The van der Waals surface area contributed by atoms with Crippen LogP contribution >= 0.6 is 0 Å². The Labute approximate surface area is 96.8 Å². The summed E-state index contributed by atoms with van der Waals surface area (Å²) in [6.45, 7) is 6.75. The third kappa shape index (κ3) is 2.06. The summed E-state index contributed by atoms with van der Waals surface area (Å²) < 4.78 is 11.3. The molecule has 0 saturated carbocycles. The van der Waals surface area contributed by atoms with Gasteiger partial charge in [-0.3, -0.25) is 0 Å². The summed E-state index contributed by atoms with van der Waals surface area (Å²) in [4.78, 5) is 0. The molecule has 0 aliphatic carbocycles. The van der Waals surface area contributed by atoms with E-state index in [1.165, 1.54) is 11.1 Å². The molecule has 88 valence electrons. The molecule has 0 amide bonds. The molecule has 0 aromatic heterocycles. The molecule has 0 bridgehead atoms. The monoisotopic (exact) mass is 221 g/mol. The highest BCUT2D eigenvalue weighted by Crippen LogP contribution is 2.32. The summed E-state index contributed by atoms with van der Waals surface area (Å²) in [5.41, 5.74) is 3.61. The first kappa shape index (κ1) is 11.4. The van der Waals surface area contributed by atoms with Crippen LogP contribution in [0.5, 0.6) is 5.75 Å². The van der Waals surface area contributed by atoms with E-state index in [-0.39, 0.29) is 6.10 Å². The molecule has 1 unspecified atom stereocenters. The summed E-state index contributed by atoms with van der Waals surface area (Å²) in [6, 6.07) is 4.24. The van der Waals surface area contributed by atoms with Gasteiger partial charge in [-0.15, -0.1) is 0 Å². The van der Waals surface area contributed by atoms with Crippen LogP contribution in [-0.2, 0) is 4.74 Å². The average molecular weight is 221 g/mol. The Hall–Kier alpha value is -1.06. The molecule has 1 aliphatic rings. The third-order valence-electron chi connectivity index (χ3n) is 3.19. The zero-order valence-corrected chi connectivity index (χ0v) is 10.2. The Morgan fingerprint density at radius 1 is 1.38 bits per heavy atom. The first-order chi connectivity index (χ1) is 7.74. The second kappa shape index (κ2) is 4.85. The van der Waals surface area contributed by atoms with E-state index in [2.05, 4.69) is 31.3 Å². The number of benzene rings is 1. The zero-order valence-electron chi connectivity index (χ0n) is 10.2. The van der Waals surface area contributed by atoms with Crippen LogP contribution in [0.25, 0.3) is 0 Å². The lowest BCUT2D eigenvalue weighted by atomic mass is 10.00. The third-order valence-corrected chi connectivity index (χ3v) is 3.19. The van der Waals surface area contributed by atoms with E-state index in [1.807, 2.05) is 0 Å². The van der Waals surface area contributed by atoms with E-state index < -0.39 is 0 Å². The van der Waals surface area contributed by atoms with E-state index in [1.54, 1.807) is 7.11 Å². The summed E-state index contributed by atoms with van der Waals surface area (Å²) in [7, 11) is 1.72. The van der Waals surface area contributed by atoms with Gasteiger partial charge >= 0.3 is 0 Å². The molecule has 1 fully saturated rings. The predicted molar refractivity (Wildman–Crippen MR) is 64.0 cm³/mol. The van der Waals surface area contributed by atoms with Crippen molar-refractivity contribution in [2.24, 2.45) is 0 Å². The minimum Gasteiger partial charge on any atom is -0.496 e.